The Morgan fingerprint density at radius 2 is 1.89 bits per heavy atom. The second-order valence-corrected chi connectivity index (χ2v) is 9.02. The van der Waals surface area contributed by atoms with Crippen molar-refractivity contribution in [2.75, 3.05) is 24.0 Å². The zero-order valence-corrected chi connectivity index (χ0v) is 20.2. The average molecular weight is 497 g/mol. The lowest BCUT2D eigenvalue weighted by Gasteiger charge is -2.15. The first-order chi connectivity index (χ1) is 17.0. The Morgan fingerprint density at radius 1 is 1.11 bits per heavy atom. The van der Waals surface area contributed by atoms with Crippen molar-refractivity contribution >= 4 is 29.3 Å². The molecule has 0 bridgehead atoms. The van der Waals surface area contributed by atoms with E-state index in [0.29, 0.717) is 33.7 Å². The predicted molar refractivity (Wildman–Crippen MR) is 133 cm³/mol. The van der Waals surface area contributed by atoms with E-state index in [2.05, 4.69) is 20.8 Å². The van der Waals surface area contributed by atoms with Gasteiger partial charge in [0.25, 0.3) is 5.91 Å². The van der Waals surface area contributed by atoms with E-state index in [-0.39, 0.29) is 30.2 Å². The van der Waals surface area contributed by atoms with Gasteiger partial charge in [-0.2, -0.15) is 0 Å². The fourth-order valence-corrected chi connectivity index (χ4v) is 4.46. The van der Waals surface area contributed by atoms with Crippen molar-refractivity contribution in [3.63, 3.8) is 0 Å². The van der Waals surface area contributed by atoms with Crippen LogP contribution in [0.25, 0.3) is 0 Å². The van der Waals surface area contributed by atoms with Gasteiger partial charge in [-0.3, -0.25) is 9.59 Å². The molecule has 1 aliphatic carbocycles. The Morgan fingerprint density at radius 3 is 2.69 bits per heavy atom. The second kappa shape index (κ2) is 11.6. The molecule has 184 valence electrons. The lowest BCUT2D eigenvalue weighted by molar-refractivity contribution is -0.113. The molecule has 10 nitrogen and oxygen atoms in total. The van der Waals surface area contributed by atoms with Crippen LogP contribution < -0.4 is 25.9 Å². The quantitative estimate of drug-likeness (QED) is 0.288. The zero-order chi connectivity index (χ0) is 24.6. The van der Waals surface area contributed by atoms with E-state index >= 15 is 0 Å². The Hall–Kier alpha value is -3.73. The molecule has 1 fully saturated rings. The van der Waals surface area contributed by atoms with Gasteiger partial charge in [-0.15, -0.1) is 10.2 Å². The summed E-state index contributed by atoms with van der Waals surface area (Å²) in [5.74, 6) is 7.36. The van der Waals surface area contributed by atoms with E-state index < -0.39 is 0 Å². The SMILES string of the molecule is COc1cccc(OCc2nnc(SCC(=O)Nc3ccccc3C(=O)NC3CCCC3)n2N)c1. The highest BCUT2D eigenvalue weighted by Gasteiger charge is 2.20. The maximum absolute atomic E-state index is 12.7. The van der Waals surface area contributed by atoms with E-state index in [1.807, 2.05) is 12.1 Å². The Balaban J connectivity index is 1.31. The van der Waals surface area contributed by atoms with Crippen molar-refractivity contribution in [1.82, 2.24) is 20.2 Å². The van der Waals surface area contributed by atoms with Crippen LogP contribution in [0.1, 0.15) is 41.9 Å². The van der Waals surface area contributed by atoms with Gasteiger partial charge in [0.15, 0.2) is 5.82 Å². The summed E-state index contributed by atoms with van der Waals surface area (Å²) in [5, 5.41) is 14.3. The van der Waals surface area contributed by atoms with Crippen molar-refractivity contribution in [3.8, 4) is 11.5 Å². The maximum atomic E-state index is 12.7. The first-order valence-electron chi connectivity index (χ1n) is 11.3. The van der Waals surface area contributed by atoms with Gasteiger partial charge in [-0.05, 0) is 37.1 Å². The molecular formula is C24H28N6O4S. The van der Waals surface area contributed by atoms with E-state index in [4.69, 9.17) is 15.3 Å². The predicted octanol–water partition coefficient (Wildman–Crippen LogP) is 2.98. The van der Waals surface area contributed by atoms with Crippen LogP contribution in [-0.2, 0) is 11.4 Å². The first kappa shape index (κ1) is 24.4. The van der Waals surface area contributed by atoms with Gasteiger partial charge in [0.2, 0.25) is 11.1 Å². The molecule has 2 aromatic carbocycles. The van der Waals surface area contributed by atoms with Crippen LogP contribution in [0.15, 0.2) is 53.7 Å². The summed E-state index contributed by atoms with van der Waals surface area (Å²) >= 11 is 1.14. The standard InChI is InChI=1S/C24H28N6O4S/c1-33-17-9-6-10-18(13-17)34-14-21-28-29-24(30(21)25)35-15-22(31)27-20-12-5-4-11-19(20)23(32)26-16-7-2-3-8-16/h4-6,9-13,16H,2-3,7-8,14-15,25H2,1H3,(H,26,32)(H,27,31). The summed E-state index contributed by atoms with van der Waals surface area (Å²) < 4.78 is 12.2. The van der Waals surface area contributed by atoms with Crippen LogP contribution in [0, 0.1) is 0 Å². The highest BCUT2D eigenvalue weighted by Crippen LogP contribution is 2.22. The molecule has 1 aromatic heterocycles. The molecule has 0 saturated heterocycles. The van der Waals surface area contributed by atoms with Gasteiger partial charge in [-0.1, -0.05) is 42.8 Å². The molecule has 2 amide bonds. The molecular weight excluding hydrogens is 468 g/mol. The molecule has 1 saturated carbocycles. The number of thioether (sulfide) groups is 1. The number of nitrogens with zero attached hydrogens (tertiary/aromatic N) is 3. The number of nitrogens with one attached hydrogen (secondary N) is 2. The lowest BCUT2D eigenvalue weighted by atomic mass is 10.1. The van der Waals surface area contributed by atoms with Crippen molar-refractivity contribution < 1.29 is 19.1 Å². The monoisotopic (exact) mass is 496 g/mol. The number of carbonyl (C=O) groups excluding carboxylic acids is 2. The molecule has 0 atom stereocenters. The molecule has 0 aliphatic heterocycles. The average Bonchev–Trinajstić information content (AvgIpc) is 3.51. The van der Waals surface area contributed by atoms with Crippen LogP contribution >= 0.6 is 11.8 Å². The summed E-state index contributed by atoms with van der Waals surface area (Å²) in [6, 6.07) is 14.4. The minimum absolute atomic E-state index is 0.0463. The van der Waals surface area contributed by atoms with E-state index in [0.717, 1.165) is 37.4 Å². The van der Waals surface area contributed by atoms with Crippen molar-refractivity contribution in [3.05, 3.63) is 59.9 Å². The number of methoxy groups -OCH3 is 1. The fourth-order valence-electron chi connectivity index (χ4n) is 3.78. The molecule has 1 aliphatic rings. The zero-order valence-electron chi connectivity index (χ0n) is 19.4. The van der Waals surface area contributed by atoms with E-state index in [1.165, 1.54) is 4.68 Å². The number of rotatable bonds is 10. The van der Waals surface area contributed by atoms with Crippen LogP contribution in [0.5, 0.6) is 11.5 Å². The molecule has 0 radical (unpaired) electrons. The number of nitrogens with two attached hydrogens (primary N) is 1. The topological polar surface area (TPSA) is 133 Å². The van der Waals surface area contributed by atoms with Crippen LogP contribution in [0.2, 0.25) is 0 Å². The Bertz CT molecular complexity index is 1180. The van der Waals surface area contributed by atoms with E-state index in [9.17, 15) is 9.59 Å². The minimum atomic E-state index is -0.284. The number of hydrogen-bond acceptors (Lipinski definition) is 8. The number of aromatic nitrogens is 3. The van der Waals surface area contributed by atoms with Crippen molar-refractivity contribution in [1.29, 1.82) is 0 Å². The van der Waals surface area contributed by atoms with Gasteiger partial charge >= 0.3 is 0 Å². The van der Waals surface area contributed by atoms with Gasteiger partial charge in [0, 0.05) is 12.1 Å². The summed E-state index contributed by atoms with van der Waals surface area (Å²) in [4.78, 5) is 25.3. The highest BCUT2D eigenvalue weighted by molar-refractivity contribution is 7.99. The molecule has 4 rings (SSSR count). The minimum Gasteiger partial charge on any atom is -0.497 e. The molecule has 0 spiro atoms. The third kappa shape index (κ3) is 6.44. The fraction of sp³-hybridized carbons (Fsp3) is 0.333. The second-order valence-electron chi connectivity index (χ2n) is 8.07. The molecule has 0 unspecified atom stereocenters. The number of nitrogen functional groups attached to an aromatic ring is 1. The van der Waals surface area contributed by atoms with Crippen molar-refractivity contribution in [2.45, 2.75) is 43.5 Å². The van der Waals surface area contributed by atoms with Gasteiger partial charge in [-0.25, -0.2) is 4.68 Å². The smallest absolute Gasteiger partial charge is 0.253 e. The molecule has 1 heterocycles. The summed E-state index contributed by atoms with van der Waals surface area (Å²) in [6.45, 7) is 0.104. The molecule has 4 N–H and O–H groups in total. The number of anilines is 1. The van der Waals surface area contributed by atoms with Crippen molar-refractivity contribution in [2.24, 2.45) is 0 Å². The molecule has 35 heavy (non-hydrogen) atoms. The number of para-hydroxylation sites is 1. The van der Waals surface area contributed by atoms with Gasteiger partial charge < -0.3 is 25.9 Å². The number of hydrogen-bond donors (Lipinski definition) is 3. The maximum Gasteiger partial charge on any atom is 0.253 e. The van der Waals surface area contributed by atoms with Crippen LogP contribution in [-0.4, -0.2) is 45.6 Å². The number of ether oxygens (including phenoxy) is 2. The summed E-state index contributed by atoms with van der Waals surface area (Å²) in [7, 11) is 1.58. The summed E-state index contributed by atoms with van der Waals surface area (Å²) in [6.07, 6.45) is 4.23. The van der Waals surface area contributed by atoms with E-state index in [1.54, 1.807) is 43.5 Å². The lowest BCUT2D eigenvalue weighted by Crippen LogP contribution is -2.33. The largest absolute Gasteiger partial charge is 0.497 e. The highest BCUT2D eigenvalue weighted by atomic mass is 32.2. The molecule has 11 heteroatoms. The Labute approximate surface area is 207 Å². The number of amides is 2. The Kier molecular flexibility index (Phi) is 8.09. The van der Waals surface area contributed by atoms with Gasteiger partial charge in [0.05, 0.1) is 24.1 Å². The van der Waals surface area contributed by atoms with Crippen LogP contribution in [0.4, 0.5) is 5.69 Å². The normalized spacial score (nSPS) is 13.4. The summed E-state index contributed by atoms with van der Waals surface area (Å²) in [5.41, 5.74) is 0.909. The first-order valence-corrected chi connectivity index (χ1v) is 12.3. The number of benzene rings is 2. The number of carbonyl (C=O) groups is 2. The van der Waals surface area contributed by atoms with Crippen LogP contribution in [0.3, 0.4) is 0 Å². The molecule has 3 aromatic rings. The third-order valence-corrected chi connectivity index (χ3v) is 6.56. The van der Waals surface area contributed by atoms with Gasteiger partial charge in [0.1, 0.15) is 18.1 Å². The third-order valence-electron chi connectivity index (χ3n) is 5.61.